The van der Waals surface area contributed by atoms with E-state index in [0.717, 1.165) is 11.6 Å². The van der Waals surface area contributed by atoms with Crippen molar-refractivity contribution in [2.45, 2.75) is 32.9 Å². The molecular formula is C34H28F4N2O5S. The summed E-state index contributed by atoms with van der Waals surface area (Å²) in [5.41, 5.74) is -1.99. The number of ether oxygens (including phenoxy) is 1. The predicted molar refractivity (Wildman–Crippen MR) is 164 cm³/mol. The Morgan fingerprint density at radius 2 is 1.67 bits per heavy atom. The highest BCUT2D eigenvalue weighted by Crippen LogP contribution is 2.52. The summed E-state index contributed by atoms with van der Waals surface area (Å²) in [4.78, 5) is 14.5. The number of sulfone groups is 1. The lowest BCUT2D eigenvalue weighted by molar-refractivity contribution is 0.0971. The summed E-state index contributed by atoms with van der Waals surface area (Å²) in [6.45, 7) is 3.52. The number of carbonyl (C=O) groups excluding carboxylic acids is 1. The van der Waals surface area contributed by atoms with Crippen LogP contribution < -0.4 is 15.0 Å². The number of benzene rings is 4. The fourth-order valence-electron chi connectivity index (χ4n) is 6.01. The average molecular weight is 653 g/mol. The van der Waals surface area contributed by atoms with Crippen molar-refractivity contribution in [3.8, 4) is 11.5 Å². The number of carbonyl (C=O) groups is 1. The molecule has 4 aromatic rings. The first kappa shape index (κ1) is 31.2. The summed E-state index contributed by atoms with van der Waals surface area (Å²) in [5.74, 6) is -7.96. The molecule has 0 radical (unpaired) electrons. The van der Waals surface area contributed by atoms with E-state index in [2.05, 4.69) is 5.32 Å². The van der Waals surface area contributed by atoms with Crippen molar-refractivity contribution in [2.24, 2.45) is 5.41 Å². The summed E-state index contributed by atoms with van der Waals surface area (Å²) < 4.78 is 94.8. The molecule has 2 N–H and O–H groups in total. The van der Waals surface area contributed by atoms with Gasteiger partial charge < -0.3 is 15.2 Å². The van der Waals surface area contributed by atoms with Gasteiger partial charge in [0.1, 0.15) is 47.0 Å². The highest BCUT2D eigenvalue weighted by atomic mass is 32.2. The third-order valence-corrected chi connectivity index (χ3v) is 10.2. The third kappa shape index (κ3) is 5.57. The Hall–Kier alpha value is -4.84. The second-order valence-corrected chi connectivity index (χ2v) is 14.0. The van der Waals surface area contributed by atoms with Crippen LogP contribution in [0.3, 0.4) is 0 Å². The number of para-hydroxylation sites is 1. The van der Waals surface area contributed by atoms with Crippen LogP contribution in [0.1, 0.15) is 47.8 Å². The third-order valence-electron chi connectivity index (χ3n) is 7.92. The molecule has 2 heterocycles. The Kier molecular flexibility index (Phi) is 7.79. The van der Waals surface area contributed by atoms with Gasteiger partial charge in [-0.25, -0.2) is 26.0 Å². The van der Waals surface area contributed by atoms with Crippen LogP contribution >= 0.6 is 0 Å². The normalized spacial score (nSPS) is 18.2. The molecule has 2 aliphatic heterocycles. The molecule has 0 bridgehead atoms. The smallest absolute Gasteiger partial charge is 0.265 e. The number of nitrogens with zero attached hydrogens (tertiary/aromatic N) is 1. The van der Waals surface area contributed by atoms with Gasteiger partial charge in [0.25, 0.3) is 5.91 Å². The van der Waals surface area contributed by atoms with Gasteiger partial charge in [-0.05, 0) is 53.8 Å². The molecular weight excluding hydrogens is 624 g/mol. The molecule has 2 aliphatic rings. The van der Waals surface area contributed by atoms with Crippen molar-refractivity contribution in [3.63, 3.8) is 0 Å². The summed E-state index contributed by atoms with van der Waals surface area (Å²) in [7, 11) is -4.31. The van der Waals surface area contributed by atoms with Crippen LogP contribution in [0, 0.1) is 28.7 Å². The molecule has 46 heavy (non-hydrogen) atoms. The van der Waals surface area contributed by atoms with Crippen molar-refractivity contribution in [1.29, 1.82) is 0 Å². The Balaban J connectivity index is 1.60. The summed E-state index contributed by atoms with van der Waals surface area (Å²) >= 11 is 0. The number of anilines is 2. The van der Waals surface area contributed by atoms with Gasteiger partial charge in [0.2, 0.25) is 0 Å². The number of hydrogen-bond donors (Lipinski definition) is 2. The summed E-state index contributed by atoms with van der Waals surface area (Å²) in [5, 5.41) is 13.8. The first-order chi connectivity index (χ1) is 21.8. The number of aromatic hydroxyl groups is 1. The number of phenols is 1. The zero-order valence-corrected chi connectivity index (χ0v) is 25.5. The van der Waals surface area contributed by atoms with Crippen molar-refractivity contribution in [2.75, 3.05) is 16.0 Å². The zero-order chi connectivity index (χ0) is 33.0. The molecule has 0 saturated heterocycles. The number of rotatable bonds is 5. The summed E-state index contributed by atoms with van der Waals surface area (Å²) in [6.07, 6.45) is 0.0937. The van der Waals surface area contributed by atoms with Gasteiger partial charge in [-0.1, -0.05) is 50.2 Å². The van der Waals surface area contributed by atoms with E-state index in [4.69, 9.17) is 4.74 Å². The average Bonchev–Trinajstić information content (AvgIpc) is 3.13. The molecule has 12 heteroatoms. The molecule has 0 aliphatic carbocycles. The van der Waals surface area contributed by atoms with Crippen molar-refractivity contribution in [1.82, 2.24) is 0 Å². The van der Waals surface area contributed by atoms with E-state index < -0.39 is 72.4 Å². The number of allylic oxidation sites excluding steroid dienone is 1. The quantitative estimate of drug-likeness (QED) is 0.133. The van der Waals surface area contributed by atoms with E-state index >= 15 is 13.2 Å². The maximum atomic E-state index is 16.3. The van der Waals surface area contributed by atoms with Gasteiger partial charge in [-0.2, -0.15) is 0 Å². The first-order valence-corrected chi connectivity index (χ1v) is 15.9. The minimum Gasteiger partial charge on any atom is -0.506 e. The topological polar surface area (TPSA) is 95.9 Å². The van der Waals surface area contributed by atoms with Crippen LogP contribution in [0.25, 0.3) is 0 Å². The van der Waals surface area contributed by atoms with Crippen molar-refractivity contribution in [3.05, 3.63) is 129 Å². The van der Waals surface area contributed by atoms with E-state index in [-0.39, 0.29) is 41.4 Å². The molecule has 0 aromatic heterocycles. The molecule has 0 saturated carbocycles. The second kappa shape index (κ2) is 11.5. The van der Waals surface area contributed by atoms with Crippen LogP contribution in [-0.2, 0) is 16.4 Å². The van der Waals surface area contributed by atoms with E-state index in [1.54, 1.807) is 13.8 Å². The first-order valence-electron chi connectivity index (χ1n) is 14.3. The minimum atomic E-state index is -4.31. The van der Waals surface area contributed by atoms with Gasteiger partial charge in [-0.3, -0.25) is 9.69 Å². The lowest BCUT2D eigenvalue weighted by Gasteiger charge is -2.37. The molecule has 238 valence electrons. The zero-order valence-electron chi connectivity index (χ0n) is 24.7. The van der Waals surface area contributed by atoms with E-state index in [1.807, 2.05) is 30.3 Å². The van der Waals surface area contributed by atoms with Crippen molar-refractivity contribution < 1.29 is 40.6 Å². The fraction of sp³-hybridized carbons (Fsp3) is 0.206. The van der Waals surface area contributed by atoms with Crippen LogP contribution in [0.2, 0.25) is 0 Å². The van der Waals surface area contributed by atoms with Gasteiger partial charge in [-0.15, -0.1) is 0 Å². The number of amides is 1. The van der Waals surface area contributed by atoms with E-state index in [9.17, 15) is 22.7 Å². The maximum absolute atomic E-state index is 16.3. The molecule has 4 aromatic carbocycles. The lowest BCUT2D eigenvalue weighted by Crippen LogP contribution is -2.42. The Bertz CT molecular complexity index is 2020. The SMILES string of the molecule is CC1(C)CC2=C(C(c3ccc(OCc4ccccc4)cc3F)N(C(=O)c3c(F)ccc(F)c3F)c3cccc(O)c3N2)S(=O)(=O)C1. The Morgan fingerprint density at radius 3 is 2.39 bits per heavy atom. The predicted octanol–water partition coefficient (Wildman–Crippen LogP) is 7.40. The maximum Gasteiger partial charge on any atom is 0.265 e. The van der Waals surface area contributed by atoms with Gasteiger partial charge >= 0.3 is 0 Å². The second-order valence-electron chi connectivity index (χ2n) is 12.0. The lowest BCUT2D eigenvalue weighted by atomic mass is 9.88. The number of phenolic OH excluding ortho intramolecular Hbond substituents is 1. The molecule has 1 amide bonds. The monoisotopic (exact) mass is 652 g/mol. The van der Waals surface area contributed by atoms with Gasteiger partial charge in [0.15, 0.2) is 21.5 Å². The van der Waals surface area contributed by atoms with E-state index in [0.29, 0.717) is 17.0 Å². The fourth-order valence-corrected chi connectivity index (χ4v) is 8.37. The summed E-state index contributed by atoms with van der Waals surface area (Å²) in [6, 6.07) is 15.8. The largest absolute Gasteiger partial charge is 0.506 e. The molecule has 1 atom stereocenters. The minimum absolute atomic E-state index is 0.0586. The van der Waals surface area contributed by atoms with Gasteiger partial charge in [0, 0.05) is 17.3 Å². The van der Waals surface area contributed by atoms with Crippen LogP contribution in [0.15, 0.2) is 89.5 Å². The standard InChI is InChI=1S/C34H28F4N2O5S/c1-34(2)16-25-32(46(43,44)18-34)31(21-12-11-20(15-24(21)37)45-17-19-7-4-3-5-8-19)40(26-9-6-10-27(41)30(26)39-25)33(42)28-22(35)13-14-23(36)29(28)38/h3-15,31,39,41H,16-18H2,1-2H3. The van der Waals surface area contributed by atoms with E-state index in [1.165, 1.54) is 30.3 Å². The van der Waals surface area contributed by atoms with Crippen LogP contribution in [0.4, 0.5) is 28.9 Å². The molecule has 6 rings (SSSR count). The van der Waals surface area contributed by atoms with Gasteiger partial charge in [0.05, 0.1) is 16.3 Å². The molecule has 0 spiro atoms. The molecule has 1 unspecified atom stereocenters. The Labute approximate surface area is 262 Å². The number of nitrogens with one attached hydrogen (secondary N) is 1. The highest BCUT2D eigenvalue weighted by molar-refractivity contribution is 7.95. The van der Waals surface area contributed by atoms with Crippen molar-refractivity contribution >= 4 is 27.1 Å². The Morgan fingerprint density at radius 1 is 0.957 bits per heavy atom. The molecule has 7 nitrogen and oxygen atoms in total. The number of fused-ring (bicyclic) bond motifs is 1. The molecule has 0 fully saturated rings. The number of halogens is 4. The van der Waals surface area contributed by atoms with Crippen LogP contribution in [-0.4, -0.2) is 25.2 Å². The highest BCUT2D eigenvalue weighted by Gasteiger charge is 2.48. The number of hydrogen-bond acceptors (Lipinski definition) is 6. The van der Waals surface area contributed by atoms with Crippen LogP contribution in [0.5, 0.6) is 11.5 Å².